The van der Waals surface area contributed by atoms with Crippen LogP contribution in [0.15, 0.2) is 23.2 Å². The van der Waals surface area contributed by atoms with E-state index in [0.29, 0.717) is 11.3 Å². The minimum Gasteiger partial charge on any atom is -0.324 e. The average molecular weight is 280 g/mol. The van der Waals surface area contributed by atoms with Crippen molar-refractivity contribution in [2.45, 2.75) is 19.5 Å². The van der Waals surface area contributed by atoms with Gasteiger partial charge in [-0.1, -0.05) is 19.1 Å². The molecule has 0 saturated heterocycles. The molecule has 1 aromatic carbocycles. The van der Waals surface area contributed by atoms with Crippen LogP contribution >= 0.6 is 19.8 Å². The summed E-state index contributed by atoms with van der Waals surface area (Å²) in [4.78, 5) is 21.6. The molecule has 1 rings (SSSR count). The number of aryl methyl sites for hydroxylation is 1. The van der Waals surface area contributed by atoms with E-state index in [1.54, 1.807) is 18.2 Å². The van der Waals surface area contributed by atoms with Crippen LogP contribution in [0.4, 0.5) is 5.69 Å². The predicted octanol–water partition coefficient (Wildman–Crippen LogP) is 2.28. The van der Waals surface area contributed by atoms with Gasteiger partial charge in [-0.2, -0.15) is 4.99 Å². The van der Waals surface area contributed by atoms with E-state index in [1.165, 1.54) is 0 Å². The van der Waals surface area contributed by atoms with Crippen LogP contribution in [0.3, 0.4) is 0 Å². The number of hydrogen-bond acceptors (Lipinski definition) is 3. The fraction of sp³-hybridized carbons (Fsp3) is 0.300. The molecule has 87 valence electrons. The van der Waals surface area contributed by atoms with Crippen LogP contribution in [0.5, 0.6) is 0 Å². The summed E-state index contributed by atoms with van der Waals surface area (Å²) < 4.78 is 10.9. The second-order valence-electron chi connectivity index (χ2n) is 3.34. The SMILES string of the molecule is CCc1cc(CP(=O)(O)O)ccc1N=C=S.[Na]. The Kier molecular flexibility index (Phi) is 7.65. The molecule has 0 atom stereocenters. The maximum atomic E-state index is 10.9. The molecule has 0 fully saturated rings. The van der Waals surface area contributed by atoms with Gasteiger partial charge in [0, 0.05) is 29.6 Å². The van der Waals surface area contributed by atoms with Crippen LogP contribution in [0.25, 0.3) is 0 Å². The topological polar surface area (TPSA) is 69.9 Å². The number of rotatable bonds is 4. The van der Waals surface area contributed by atoms with Crippen molar-refractivity contribution in [2.24, 2.45) is 4.99 Å². The molecule has 0 saturated carbocycles. The van der Waals surface area contributed by atoms with E-state index in [-0.39, 0.29) is 35.7 Å². The van der Waals surface area contributed by atoms with Gasteiger partial charge < -0.3 is 9.79 Å². The first-order valence-electron chi connectivity index (χ1n) is 4.70. The summed E-state index contributed by atoms with van der Waals surface area (Å²) in [5.74, 6) is 0. The largest absolute Gasteiger partial charge is 0.329 e. The molecule has 0 bridgehead atoms. The fourth-order valence-electron chi connectivity index (χ4n) is 1.42. The van der Waals surface area contributed by atoms with Gasteiger partial charge in [-0.25, -0.2) is 0 Å². The monoisotopic (exact) mass is 280 g/mol. The van der Waals surface area contributed by atoms with Gasteiger partial charge in [0.25, 0.3) is 0 Å². The van der Waals surface area contributed by atoms with E-state index in [0.717, 1.165) is 12.0 Å². The first kappa shape index (κ1) is 17.2. The Bertz CT molecular complexity index is 482. The van der Waals surface area contributed by atoms with Crippen molar-refractivity contribution >= 4 is 60.2 Å². The molecule has 4 nitrogen and oxygen atoms in total. The molecule has 0 spiro atoms. The third-order valence-corrected chi connectivity index (χ3v) is 2.95. The van der Waals surface area contributed by atoms with Crippen molar-refractivity contribution < 1.29 is 14.4 Å². The molecule has 1 radical (unpaired) electrons. The second-order valence-corrected chi connectivity index (χ2v) is 5.17. The first-order chi connectivity index (χ1) is 7.46. The van der Waals surface area contributed by atoms with Crippen LogP contribution in [-0.4, -0.2) is 44.5 Å². The number of benzene rings is 1. The van der Waals surface area contributed by atoms with Crippen molar-refractivity contribution in [3.63, 3.8) is 0 Å². The summed E-state index contributed by atoms with van der Waals surface area (Å²) in [7, 11) is -4.02. The van der Waals surface area contributed by atoms with Crippen molar-refractivity contribution in [1.82, 2.24) is 0 Å². The molecule has 2 N–H and O–H groups in total. The first-order valence-corrected chi connectivity index (χ1v) is 6.91. The zero-order valence-electron chi connectivity index (χ0n) is 9.75. The van der Waals surface area contributed by atoms with Gasteiger partial charge in [0.1, 0.15) is 0 Å². The molecule has 0 unspecified atom stereocenters. The van der Waals surface area contributed by atoms with Gasteiger partial charge >= 0.3 is 7.60 Å². The van der Waals surface area contributed by atoms with E-state index in [9.17, 15) is 4.57 Å². The molecule has 0 aliphatic heterocycles. The molecule has 0 aliphatic rings. The van der Waals surface area contributed by atoms with Crippen LogP contribution in [-0.2, 0) is 17.1 Å². The number of aliphatic imine (C=N–C) groups is 1. The molecule has 0 amide bonds. The third kappa shape index (κ3) is 6.05. The standard InChI is InChI=1S/C10H12NO3PS.Na/c1-2-9-5-8(6-15(12,13)14)3-4-10(9)11-7-16;/h3-5H,2,6H2,1H3,(H2,12,13,14);. The Morgan fingerprint density at radius 3 is 2.59 bits per heavy atom. The second kappa shape index (κ2) is 7.57. The zero-order chi connectivity index (χ0) is 12.2. The van der Waals surface area contributed by atoms with E-state index in [4.69, 9.17) is 9.79 Å². The minimum absolute atomic E-state index is 0. The minimum atomic E-state index is -4.02. The van der Waals surface area contributed by atoms with E-state index in [2.05, 4.69) is 22.4 Å². The summed E-state index contributed by atoms with van der Waals surface area (Å²) in [5, 5.41) is 2.28. The summed E-state index contributed by atoms with van der Waals surface area (Å²) in [5.41, 5.74) is 2.21. The van der Waals surface area contributed by atoms with E-state index < -0.39 is 7.60 Å². The molecule has 0 aromatic heterocycles. The summed E-state index contributed by atoms with van der Waals surface area (Å²) in [6.07, 6.45) is 0.479. The van der Waals surface area contributed by atoms with Crippen molar-refractivity contribution in [1.29, 1.82) is 0 Å². The maximum Gasteiger partial charge on any atom is 0.329 e. The van der Waals surface area contributed by atoms with Gasteiger partial charge in [-0.3, -0.25) is 4.57 Å². The summed E-state index contributed by atoms with van der Waals surface area (Å²) in [6, 6.07) is 5.08. The average Bonchev–Trinajstić information content (AvgIpc) is 2.18. The van der Waals surface area contributed by atoms with Gasteiger partial charge in [-0.05, 0) is 35.8 Å². The van der Waals surface area contributed by atoms with Crippen LogP contribution in [0.2, 0.25) is 0 Å². The third-order valence-electron chi connectivity index (χ3n) is 2.08. The molecule has 0 aliphatic carbocycles. The van der Waals surface area contributed by atoms with Crippen molar-refractivity contribution in [3.05, 3.63) is 29.3 Å². The normalized spacial score (nSPS) is 10.3. The Morgan fingerprint density at radius 2 is 2.12 bits per heavy atom. The van der Waals surface area contributed by atoms with Crippen LogP contribution in [0, 0.1) is 0 Å². The van der Waals surface area contributed by atoms with Crippen molar-refractivity contribution in [2.75, 3.05) is 0 Å². The van der Waals surface area contributed by atoms with Crippen LogP contribution in [0.1, 0.15) is 18.1 Å². The number of nitrogens with zero attached hydrogens (tertiary/aromatic N) is 1. The number of isothiocyanates is 1. The molecule has 17 heavy (non-hydrogen) atoms. The molecule has 0 heterocycles. The number of hydrogen-bond donors (Lipinski definition) is 2. The summed E-state index contributed by atoms with van der Waals surface area (Å²) in [6.45, 7) is 1.94. The van der Waals surface area contributed by atoms with Gasteiger partial charge in [-0.15, -0.1) is 0 Å². The molecule has 1 aromatic rings. The van der Waals surface area contributed by atoms with Crippen LogP contribution < -0.4 is 0 Å². The molecular formula is C10H12NNaO3PS. The number of thiocarbonyl (C=S) groups is 1. The zero-order valence-corrected chi connectivity index (χ0v) is 13.5. The van der Waals surface area contributed by atoms with Gasteiger partial charge in [0.05, 0.1) is 17.0 Å². The predicted molar refractivity (Wildman–Crippen MR) is 72.0 cm³/mol. The Labute approximate surface area is 128 Å². The Morgan fingerprint density at radius 1 is 1.47 bits per heavy atom. The smallest absolute Gasteiger partial charge is 0.324 e. The van der Waals surface area contributed by atoms with E-state index >= 15 is 0 Å². The summed E-state index contributed by atoms with van der Waals surface area (Å²) >= 11 is 4.52. The molecular weight excluding hydrogens is 268 g/mol. The van der Waals surface area contributed by atoms with Crippen molar-refractivity contribution in [3.8, 4) is 0 Å². The van der Waals surface area contributed by atoms with Gasteiger partial charge in [0.15, 0.2) is 0 Å². The van der Waals surface area contributed by atoms with Gasteiger partial charge in [0.2, 0.25) is 0 Å². The fourth-order valence-corrected chi connectivity index (χ4v) is 2.19. The quantitative estimate of drug-likeness (QED) is 0.384. The Balaban J connectivity index is 0.00000256. The van der Waals surface area contributed by atoms with E-state index in [1.807, 2.05) is 6.92 Å². The maximum absolute atomic E-state index is 10.9. The molecule has 7 heteroatoms. The Hall–Kier alpha value is 0.170.